The molecule has 2 aromatic carbocycles. The first-order valence-corrected chi connectivity index (χ1v) is 6.45. The van der Waals surface area contributed by atoms with E-state index in [1.54, 1.807) is 31.4 Å². The summed E-state index contributed by atoms with van der Waals surface area (Å²) in [7, 11) is 1.54. The van der Waals surface area contributed by atoms with Gasteiger partial charge in [0.15, 0.2) is 11.5 Å². The second-order valence-electron chi connectivity index (χ2n) is 4.61. The summed E-state index contributed by atoms with van der Waals surface area (Å²) in [6.07, 6.45) is 0.795. The van der Waals surface area contributed by atoms with Crippen LogP contribution >= 0.6 is 0 Å². The van der Waals surface area contributed by atoms with E-state index in [4.69, 9.17) is 9.47 Å². The van der Waals surface area contributed by atoms with Gasteiger partial charge >= 0.3 is 0 Å². The molecule has 0 bridgehead atoms. The van der Waals surface area contributed by atoms with Gasteiger partial charge in [-0.05, 0) is 6.07 Å². The summed E-state index contributed by atoms with van der Waals surface area (Å²) in [6.45, 7) is 0. The number of rotatable bonds is 3. The Hall–Kier alpha value is -2.82. The zero-order valence-electron chi connectivity index (χ0n) is 11.4. The minimum Gasteiger partial charge on any atom is -0.493 e. The molecule has 1 aliphatic heterocycles. The predicted octanol–water partition coefficient (Wildman–Crippen LogP) is 3.45. The molecule has 5 heteroatoms. The Balaban J connectivity index is 2.13. The number of hydrogen-bond donors (Lipinski definition) is 0. The summed E-state index contributed by atoms with van der Waals surface area (Å²) < 4.78 is 11.1. The van der Waals surface area contributed by atoms with E-state index in [-0.39, 0.29) is 5.70 Å². The number of hydrogen-bond acceptors (Lipinski definition) is 4. The lowest BCUT2D eigenvalue weighted by Gasteiger charge is -2.24. The number of fused-ring (bicyclic) bond motifs is 1. The quantitative estimate of drug-likeness (QED) is 0.639. The molecule has 1 heterocycles. The molecule has 2 aromatic rings. The highest BCUT2D eigenvalue weighted by atomic mass is 16.6. The molecule has 0 N–H and O–H groups in total. The molecule has 0 amide bonds. The van der Waals surface area contributed by atoms with Crippen LogP contribution in [0.15, 0.2) is 54.2 Å². The van der Waals surface area contributed by atoms with Gasteiger partial charge in [0.25, 0.3) is 5.70 Å². The minimum atomic E-state index is -0.745. The summed E-state index contributed by atoms with van der Waals surface area (Å²) in [5.74, 6) is 1.09. The third-order valence-corrected chi connectivity index (χ3v) is 3.35. The van der Waals surface area contributed by atoms with Crippen molar-refractivity contribution in [2.45, 2.75) is 6.10 Å². The van der Waals surface area contributed by atoms with E-state index in [1.807, 2.05) is 30.3 Å². The summed E-state index contributed by atoms with van der Waals surface area (Å²) in [4.78, 5) is 10.9. The molecule has 0 spiro atoms. The third-order valence-electron chi connectivity index (χ3n) is 3.35. The number of methoxy groups -OCH3 is 1. The summed E-state index contributed by atoms with van der Waals surface area (Å²) in [5.41, 5.74) is 1.40. The monoisotopic (exact) mass is 283 g/mol. The second-order valence-corrected chi connectivity index (χ2v) is 4.61. The fourth-order valence-corrected chi connectivity index (χ4v) is 2.36. The fourth-order valence-electron chi connectivity index (χ4n) is 2.36. The Morgan fingerprint density at radius 3 is 2.57 bits per heavy atom. The first kappa shape index (κ1) is 13.2. The number of ether oxygens (including phenoxy) is 2. The molecular formula is C16H13NO4. The smallest absolute Gasteiger partial charge is 0.291 e. The van der Waals surface area contributed by atoms with Crippen LogP contribution in [0.4, 0.5) is 0 Å². The van der Waals surface area contributed by atoms with Crippen LogP contribution in [0.25, 0.3) is 6.08 Å². The molecule has 1 aliphatic rings. The predicted molar refractivity (Wildman–Crippen MR) is 77.8 cm³/mol. The highest BCUT2D eigenvalue weighted by Crippen LogP contribution is 2.42. The maximum absolute atomic E-state index is 11.3. The Morgan fingerprint density at radius 1 is 1.14 bits per heavy atom. The SMILES string of the molecule is COc1cccc2c1OC(c1ccccc1)C([N+](=O)[O-])=C2. The Labute approximate surface area is 121 Å². The van der Waals surface area contributed by atoms with Gasteiger partial charge in [0.1, 0.15) is 0 Å². The van der Waals surface area contributed by atoms with E-state index in [2.05, 4.69) is 0 Å². The van der Waals surface area contributed by atoms with Crippen molar-refractivity contribution in [2.75, 3.05) is 7.11 Å². The van der Waals surface area contributed by atoms with Crippen molar-refractivity contribution in [2.24, 2.45) is 0 Å². The van der Waals surface area contributed by atoms with Crippen LogP contribution in [-0.2, 0) is 0 Å². The maximum Gasteiger partial charge on any atom is 0.291 e. The minimum absolute atomic E-state index is 0.0157. The van der Waals surface area contributed by atoms with Crippen molar-refractivity contribution in [3.05, 3.63) is 75.5 Å². The highest BCUT2D eigenvalue weighted by molar-refractivity contribution is 5.66. The average molecular weight is 283 g/mol. The van der Waals surface area contributed by atoms with Crippen molar-refractivity contribution in [3.63, 3.8) is 0 Å². The molecule has 5 nitrogen and oxygen atoms in total. The molecule has 0 aromatic heterocycles. The second kappa shape index (κ2) is 5.28. The largest absolute Gasteiger partial charge is 0.493 e. The van der Waals surface area contributed by atoms with E-state index in [0.717, 1.165) is 5.56 Å². The molecular weight excluding hydrogens is 270 g/mol. The average Bonchev–Trinajstić information content (AvgIpc) is 2.53. The van der Waals surface area contributed by atoms with Crippen molar-refractivity contribution >= 4 is 6.08 Å². The van der Waals surface area contributed by atoms with Crippen LogP contribution in [0.3, 0.4) is 0 Å². The van der Waals surface area contributed by atoms with E-state index in [9.17, 15) is 10.1 Å². The Kier molecular flexibility index (Phi) is 3.31. The van der Waals surface area contributed by atoms with Crippen molar-refractivity contribution in [1.29, 1.82) is 0 Å². The van der Waals surface area contributed by atoms with Crippen molar-refractivity contribution in [1.82, 2.24) is 0 Å². The van der Waals surface area contributed by atoms with Gasteiger partial charge in [0.2, 0.25) is 6.10 Å². The van der Waals surface area contributed by atoms with Gasteiger partial charge in [-0.3, -0.25) is 10.1 Å². The Morgan fingerprint density at radius 2 is 1.90 bits per heavy atom. The van der Waals surface area contributed by atoms with Gasteiger partial charge in [-0.15, -0.1) is 0 Å². The van der Waals surface area contributed by atoms with Crippen LogP contribution < -0.4 is 9.47 Å². The summed E-state index contributed by atoms with van der Waals surface area (Å²) >= 11 is 0. The molecule has 0 saturated heterocycles. The van der Waals surface area contributed by atoms with Crippen molar-refractivity contribution in [3.8, 4) is 11.5 Å². The maximum atomic E-state index is 11.3. The number of nitrogens with zero attached hydrogens (tertiary/aromatic N) is 1. The zero-order valence-corrected chi connectivity index (χ0v) is 11.4. The van der Waals surface area contributed by atoms with Crippen LogP contribution in [-0.4, -0.2) is 12.0 Å². The van der Waals surface area contributed by atoms with Crippen LogP contribution in [0.2, 0.25) is 0 Å². The molecule has 21 heavy (non-hydrogen) atoms. The first-order chi connectivity index (χ1) is 10.2. The Bertz CT molecular complexity index is 709. The highest BCUT2D eigenvalue weighted by Gasteiger charge is 2.34. The lowest BCUT2D eigenvalue weighted by Crippen LogP contribution is -2.20. The van der Waals surface area contributed by atoms with E-state index in [1.165, 1.54) is 0 Å². The van der Waals surface area contributed by atoms with Crippen LogP contribution in [0.1, 0.15) is 17.2 Å². The lowest BCUT2D eigenvalue weighted by atomic mass is 10.0. The molecule has 106 valence electrons. The van der Waals surface area contributed by atoms with E-state index >= 15 is 0 Å². The number of nitro groups is 1. The van der Waals surface area contributed by atoms with Gasteiger partial charge in [-0.25, -0.2) is 0 Å². The lowest BCUT2D eigenvalue weighted by molar-refractivity contribution is -0.434. The molecule has 1 unspecified atom stereocenters. The van der Waals surface area contributed by atoms with Crippen LogP contribution in [0.5, 0.6) is 11.5 Å². The molecule has 3 rings (SSSR count). The van der Waals surface area contributed by atoms with Gasteiger partial charge in [-0.1, -0.05) is 42.5 Å². The van der Waals surface area contributed by atoms with Gasteiger partial charge in [0, 0.05) is 17.2 Å². The summed E-state index contributed by atoms with van der Waals surface area (Å²) in [6, 6.07) is 14.4. The summed E-state index contributed by atoms with van der Waals surface area (Å²) in [5, 5.41) is 11.3. The number of para-hydroxylation sites is 1. The fraction of sp³-hybridized carbons (Fsp3) is 0.125. The third kappa shape index (κ3) is 2.33. The topological polar surface area (TPSA) is 61.6 Å². The van der Waals surface area contributed by atoms with Gasteiger partial charge in [-0.2, -0.15) is 0 Å². The first-order valence-electron chi connectivity index (χ1n) is 6.45. The normalized spacial score (nSPS) is 16.4. The van der Waals surface area contributed by atoms with Crippen molar-refractivity contribution < 1.29 is 14.4 Å². The number of benzene rings is 2. The van der Waals surface area contributed by atoms with Crippen LogP contribution in [0, 0.1) is 10.1 Å². The molecule has 1 atom stereocenters. The van der Waals surface area contributed by atoms with E-state index < -0.39 is 11.0 Å². The zero-order chi connectivity index (χ0) is 14.8. The van der Waals surface area contributed by atoms with E-state index in [0.29, 0.717) is 17.1 Å². The molecule has 0 aliphatic carbocycles. The standard InChI is InChI=1S/C16H13NO4/c1-20-14-9-5-8-12-10-13(17(18)19)15(21-16(12)14)11-6-3-2-4-7-11/h2-10,15H,1H3. The molecule has 0 fully saturated rings. The molecule has 0 radical (unpaired) electrons. The van der Waals surface area contributed by atoms with Gasteiger partial charge in [0.05, 0.1) is 12.0 Å². The molecule has 0 saturated carbocycles. The van der Waals surface area contributed by atoms with Gasteiger partial charge < -0.3 is 9.47 Å².